The summed E-state index contributed by atoms with van der Waals surface area (Å²) in [5, 5.41) is 4.18. The van der Waals surface area contributed by atoms with Crippen LogP contribution in [0.5, 0.6) is 0 Å². The molecule has 6 heteroatoms. The lowest BCUT2D eigenvalue weighted by Gasteiger charge is -2.26. The average Bonchev–Trinajstić information content (AvgIpc) is 3.19. The van der Waals surface area contributed by atoms with Gasteiger partial charge in [-0.05, 0) is 42.0 Å². The SMILES string of the molecule is Cn1cc([C@H]2CN(C(=O)c3ccc(C4CCC4)cc3)C[C@@H]2C(N)=O)cn1. The third kappa shape index (κ3) is 3.00. The number of hydrogen-bond acceptors (Lipinski definition) is 3. The summed E-state index contributed by atoms with van der Waals surface area (Å²) in [4.78, 5) is 26.6. The molecule has 2 aromatic rings. The molecule has 1 aliphatic heterocycles. The van der Waals surface area contributed by atoms with Crippen LogP contribution in [0.1, 0.15) is 52.6 Å². The second-order valence-corrected chi connectivity index (χ2v) is 7.52. The summed E-state index contributed by atoms with van der Waals surface area (Å²) in [6.07, 6.45) is 7.42. The highest BCUT2D eigenvalue weighted by Gasteiger charge is 2.40. The first-order valence-electron chi connectivity index (χ1n) is 9.20. The van der Waals surface area contributed by atoms with Gasteiger partial charge >= 0.3 is 0 Å². The Hall–Kier alpha value is -2.63. The molecule has 2 amide bonds. The second-order valence-electron chi connectivity index (χ2n) is 7.52. The van der Waals surface area contributed by atoms with E-state index in [1.807, 2.05) is 25.4 Å². The summed E-state index contributed by atoms with van der Waals surface area (Å²) in [6.45, 7) is 0.848. The fourth-order valence-corrected chi connectivity index (χ4v) is 4.05. The molecule has 1 saturated heterocycles. The Morgan fingerprint density at radius 2 is 1.85 bits per heavy atom. The number of likely N-dealkylation sites (tertiary alicyclic amines) is 1. The molecule has 6 nitrogen and oxygen atoms in total. The molecule has 0 spiro atoms. The van der Waals surface area contributed by atoms with Gasteiger partial charge in [0.05, 0.1) is 12.1 Å². The van der Waals surface area contributed by atoms with E-state index in [1.54, 1.807) is 15.8 Å². The number of carbonyl (C=O) groups excluding carboxylic acids is 2. The molecule has 4 rings (SSSR count). The summed E-state index contributed by atoms with van der Waals surface area (Å²) in [7, 11) is 1.84. The summed E-state index contributed by atoms with van der Waals surface area (Å²) in [6, 6.07) is 7.95. The Balaban J connectivity index is 1.51. The van der Waals surface area contributed by atoms with Crippen molar-refractivity contribution < 1.29 is 9.59 Å². The van der Waals surface area contributed by atoms with Gasteiger partial charge in [-0.1, -0.05) is 18.6 Å². The zero-order chi connectivity index (χ0) is 18.3. The van der Waals surface area contributed by atoms with E-state index < -0.39 is 0 Å². The van der Waals surface area contributed by atoms with Crippen molar-refractivity contribution in [1.29, 1.82) is 0 Å². The summed E-state index contributed by atoms with van der Waals surface area (Å²) >= 11 is 0. The van der Waals surface area contributed by atoms with Gasteiger partial charge in [0.2, 0.25) is 5.91 Å². The predicted molar refractivity (Wildman–Crippen MR) is 97.6 cm³/mol. The molecule has 0 bridgehead atoms. The number of rotatable bonds is 4. The minimum atomic E-state index is -0.377. The first-order valence-corrected chi connectivity index (χ1v) is 9.20. The molecule has 0 radical (unpaired) electrons. The smallest absolute Gasteiger partial charge is 0.253 e. The van der Waals surface area contributed by atoms with Crippen LogP contribution < -0.4 is 5.73 Å². The van der Waals surface area contributed by atoms with Crippen LogP contribution in [0.2, 0.25) is 0 Å². The lowest BCUT2D eigenvalue weighted by molar-refractivity contribution is -0.121. The molecular formula is C20H24N4O2. The van der Waals surface area contributed by atoms with Crippen LogP contribution in [-0.4, -0.2) is 39.6 Å². The molecule has 2 atom stereocenters. The maximum atomic E-state index is 12.9. The van der Waals surface area contributed by atoms with E-state index in [1.165, 1.54) is 24.8 Å². The van der Waals surface area contributed by atoms with Crippen molar-refractivity contribution in [3.05, 3.63) is 53.3 Å². The lowest BCUT2D eigenvalue weighted by atomic mass is 9.80. The minimum Gasteiger partial charge on any atom is -0.369 e. The molecule has 1 aromatic carbocycles. The number of primary amides is 1. The Labute approximate surface area is 153 Å². The number of hydrogen-bond donors (Lipinski definition) is 1. The second kappa shape index (κ2) is 6.59. The number of nitrogens with two attached hydrogens (primary N) is 1. The zero-order valence-electron chi connectivity index (χ0n) is 15.0. The highest BCUT2D eigenvalue weighted by molar-refractivity contribution is 5.95. The maximum absolute atomic E-state index is 12.9. The standard InChI is InChI=1S/C20H24N4O2/c1-23-10-16(9-22-23)17-11-24(12-18(17)19(21)25)20(26)15-7-5-14(6-8-15)13-3-2-4-13/h5-10,13,17-18H,2-4,11-12H2,1H3,(H2,21,25)/t17-,18+/m1/s1. The van der Waals surface area contributed by atoms with E-state index in [0.29, 0.717) is 24.6 Å². The Kier molecular flexibility index (Phi) is 4.26. The van der Waals surface area contributed by atoms with Crippen molar-refractivity contribution in [3.8, 4) is 0 Å². The summed E-state index contributed by atoms with van der Waals surface area (Å²) in [5.41, 5.74) is 8.54. The van der Waals surface area contributed by atoms with E-state index in [0.717, 1.165) is 5.56 Å². The molecule has 0 unspecified atom stereocenters. The van der Waals surface area contributed by atoms with Crippen molar-refractivity contribution in [1.82, 2.24) is 14.7 Å². The molecule has 26 heavy (non-hydrogen) atoms. The van der Waals surface area contributed by atoms with Crippen LogP contribution in [0.15, 0.2) is 36.7 Å². The number of benzene rings is 1. The molecule has 2 N–H and O–H groups in total. The van der Waals surface area contributed by atoms with Gasteiger partial charge in [-0.2, -0.15) is 5.10 Å². The van der Waals surface area contributed by atoms with Gasteiger partial charge in [0.15, 0.2) is 0 Å². The number of carbonyl (C=O) groups is 2. The van der Waals surface area contributed by atoms with E-state index in [-0.39, 0.29) is 23.7 Å². The highest BCUT2D eigenvalue weighted by atomic mass is 16.2. The van der Waals surface area contributed by atoms with Gasteiger partial charge in [-0.15, -0.1) is 0 Å². The van der Waals surface area contributed by atoms with E-state index in [9.17, 15) is 9.59 Å². The lowest BCUT2D eigenvalue weighted by Crippen LogP contribution is -2.32. The first kappa shape index (κ1) is 16.8. The normalized spacial score (nSPS) is 23.0. The van der Waals surface area contributed by atoms with Crippen molar-refractivity contribution in [2.24, 2.45) is 18.7 Å². The van der Waals surface area contributed by atoms with Gasteiger partial charge in [-0.3, -0.25) is 14.3 Å². The van der Waals surface area contributed by atoms with Gasteiger partial charge in [0.1, 0.15) is 0 Å². The molecule has 1 saturated carbocycles. The fourth-order valence-electron chi connectivity index (χ4n) is 4.05. The van der Waals surface area contributed by atoms with Crippen LogP contribution in [0.4, 0.5) is 0 Å². The van der Waals surface area contributed by atoms with Crippen molar-refractivity contribution >= 4 is 11.8 Å². The monoisotopic (exact) mass is 352 g/mol. The first-order chi connectivity index (χ1) is 12.5. The van der Waals surface area contributed by atoms with Gasteiger partial charge in [0.25, 0.3) is 5.91 Å². The van der Waals surface area contributed by atoms with E-state index in [4.69, 9.17) is 5.73 Å². The number of nitrogens with zero attached hydrogens (tertiary/aromatic N) is 3. The highest BCUT2D eigenvalue weighted by Crippen LogP contribution is 2.37. The van der Waals surface area contributed by atoms with Crippen LogP contribution >= 0.6 is 0 Å². The molecular weight excluding hydrogens is 328 g/mol. The van der Waals surface area contributed by atoms with Crippen LogP contribution in [0.3, 0.4) is 0 Å². The molecule has 136 valence electrons. The molecule has 2 fully saturated rings. The number of aromatic nitrogens is 2. The largest absolute Gasteiger partial charge is 0.369 e. The van der Waals surface area contributed by atoms with E-state index in [2.05, 4.69) is 17.2 Å². The molecule has 1 aliphatic carbocycles. The third-order valence-electron chi connectivity index (χ3n) is 5.86. The van der Waals surface area contributed by atoms with E-state index >= 15 is 0 Å². The van der Waals surface area contributed by atoms with Gasteiger partial charge in [0, 0.05) is 37.8 Å². The molecule has 2 aliphatic rings. The van der Waals surface area contributed by atoms with Gasteiger partial charge < -0.3 is 10.6 Å². The predicted octanol–water partition coefficient (Wildman–Crippen LogP) is 2.03. The van der Waals surface area contributed by atoms with Crippen molar-refractivity contribution in [3.63, 3.8) is 0 Å². The zero-order valence-corrected chi connectivity index (χ0v) is 15.0. The topological polar surface area (TPSA) is 81.2 Å². The van der Waals surface area contributed by atoms with Crippen molar-refractivity contribution in [2.75, 3.05) is 13.1 Å². The Bertz CT molecular complexity index is 823. The minimum absolute atomic E-state index is 0.0391. The van der Waals surface area contributed by atoms with Crippen LogP contribution in [0.25, 0.3) is 0 Å². The van der Waals surface area contributed by atoms with Crippen molar-refractivity contribution in [2.45, 2.75) is 31.1 Å². The Morgan fingerprint density at radius 1 is 1.12 bits per heavy atom. The summed E-state index contributed by atoms with van der Waals surface area (Å²) < 4.78 is 1.71. The Morgan fingerprint density at radius 3 is 2.38 bits per heavy atom. The fraction of sp³-hybridized carbons (Fsp3) is 0.450. The molecule has 1 aromatic heterocycles. The maximum Gasteiger partial charge on any atom is 0.253 e. The average molecular weight is 352 g/mol. The quantitative estimate of drug-likeness (QED) is 0.914. The van der Waals surface area contributed by atoms with Crippen LogP contribution in [-0.2, 0) is 11.8 Å². The third-order valence-corrected chi connectivity index (χ3v) is 5.86. The number of amides is 2. The number of aryl methyl sites for hydroxylation is 1. The molecule has 2 heterocycles. The summed E-state index contributed by atoms with van der Waals surface area (Å²) in [5.74, 6) is -0.228. The van der Waals surface area contributed by atoms with Crippen LogP contribution in [0, 0.1) is 5.92 Å². The van der Waals surface area contributed by atoms with Gasteiger partial charge in [-0.25, -0.2) is 0 Å².